The highest BCUT2D eigenvalue weighted by Crippen LogP contribution is 2.29. The van der Waals surface area contributed by atoms with E-state index in [9.17, 15) is 0 Å². The molecule has 20 heavy (non-hydrogen) atoms. The maximum Gasteiger partial charge on any atom is 0.190 e. The molecule has 110 valence electrons. The molecule has 0 aromatic heterocycles. The fourth-order valence-corrected chi connectivity index (χ4v) is 3.92. The van der Waals surface area contributed by atoms with Crippen LogP contribution < -0.4 is 9.47 Å². The van der Waals surface area contributed by atoms with E-state index in [1.807, 2.05) is 6.07 Å². The summed E-state index contributed by atoms with van der Waals surface area (Å²) in [6.07, 6.45) is 5.57. The van der Waals surface area contributed by atoms with Gasteiger partial charge in [-0.05, 0) is 43.3 Å². The fraction of sp³-hybridized carbons (Fsp3) is 0.500. The number of hydrogen-bond donors (Lipinski definition) is 0. The minimum atomic E-state index is -1.46. The molecule has 1 aliphatic heterocycles. The smallest absolute Gasteiger partial charge is 0.190 e. The SMILES string of the molecule is COc1ccc(CC2C=CC[Si](C)(C)OC2)cc1OC. The molecule has 1 aromatic carbocycles. The molecule has 3 nitrogen and oxygen atoms in total. The summed E-state index contributed by atoms with van der Waals surface area (Å²) in [6, 6.07) is 7.23. The van der Waals surface area contributed by atoms with E-state index in [-0.39, 0.29) is 0 Å². The Hall–Kier alpha value is -1.26. The maximum absolute atomic E-state index is 6.10. The summed E-state index contributed by atoms with van der Waals surface area (Å²) in [4.78, 5) is 0. The van der Waals surface area contributed by atoms with Gasteiger partial charge in [0.1, 0.15) is 0 Å². The van der Waals surface area contributed by atoms with E-state index in [1.54, 1.807) is 14.2 Å². The van der Waals surface area contributed by atoms with Gasteiger partial charge < -0.3 is 13.9 Å². The van der Waals surface area contributed by atoms with E-state index >= 15 is 0 Å². The van der Waals surface area contributed by atoms with Crippen LogP contribution in [0.25, 0.3) is 0 Å². The van der Waals surface area contributed by atoms with Crippen LogP contribution in [0.1, 0.15) is 5.56 Å². The maximum atomic E-state index is 6.10. The lowest BCUT2D eigenvalue weighted by Crippen LogP contribution is -2.30. The van der Waals surface area contributed by atoms with Crippen molar-refractivity contribution in [3.05, 3.63) is 35.9 Å². The van der Waals surface area contributed by atoms with Crippen LogP contribution >= 0.6 is 0 Å². The quantitative estimate of drug-likeness (QED) is 0.626. The molecule has 1 heterocycles. The Bertz CT molecular complexity index is 483. The molecule has 0 N–H and O–H groups in total. The lowest BCUT2D eigenvalue weighted by molar-refractivity contribution is 0.270. The third-order valence-electron chi connectivity index (χ3n) is 3.65. The summed E-state index contributed by atoms with van der Waals surface area (Å²) in [6.45, 7) is 5.37. The number of benzene rings is 1. The molecular formula is C16H24O3Si. The Labute approximate surface area is 122 Å². The summed E-state index contributed by atoms with van der Waals surface area (Å²) >= 11 is 0. The average molecular weight is 292 g/mol. The monoisotopic (exact) mass is 292 g/mol. The topological polar surface area (TPSA) is 27.7 Å². The van der Waals surface area contributed by atoms with E-state index < -0.39 is 8.32 Å². The predicted molar refractivity (Wildman–Crippen MR) is 84.1 cm³/mol. The Morgan fingerprint density at radius 3 is 2.65 bits per heavy atom. The summed E-state index contributed by atoms with van der Waals surface area (Å²) in [5, 5.41) is 0. The van der Waals surface area contributed by atoms with Gasteiger partial charge in [-0.2, -0.15) is 0 Å². The predicted octanol–water partition coefficient (Wildman–Crippen LogP) is 3.65. The zero-order valence-electron chi connectivity index (χ0n) is 12.8. The zero-order chi connectivity index (χ0) is 14.6. The number of rotatable bonds is 4. The minimum Gasteiger partial charge on any atom is -0.493 e. The largest absolute Gasteiger partial charge is 0.493 e. The average Bonchev–Trinajstić information content (AvgIpc) is 2.60. The van der Waals surface area contributed by atoms with Gasteiger partial charge in [0.2, 0.25) is 0 Å². The van der Waals surface area contributed by atoms with Gasteiger partial charge in [0.05, 0.1) is 14.2 Å². The Morgan fingerprint density at radius 2 is 1.95 bits per heavy atom. The van der Waals surface area contributed by atoms with Gasteiger partial charge in [0, 0.05) is 12.5 Å². The summed E-state index contributed by atoms with van der Waals surface area (Å²) in [5.74, 6) is 2.01. The molecule has 0 aliphatic carbocycles. The number of hydrogen-bond acceptors (Lipinski definition) is 3. The summed E-state index contributed by atoms with van der Waals surface area (Å²) in [5.41, 5.74) is 1.25. The standard InChI is InChI=1S/C16H24O3Si/c1-17-15-8-7-13(11-16(15)18-2)10-14-6-5-9-20(3,4)19-12-14/h5-8,11,14H,9-10,12H2,1-4H3. The molecule has 0 saturated heterocycles. The molecule has 0 fully saturated rings. The first-order valence-electron chi connectivity index (χ1n) is 7.05. The van der Waals surface area contributed by atoms with E-state index in [0.717, 1.165) is 30.6 Å². The number of allylic oxidation sites excluding steroid dienone is 1. The van der Waals surface area contributed by atoms with Gasteiger partial charge >= 0.3 is 0 Å². The Morgan fingerprint density at radius 1 is 1.20 bits per heavy atom. The molecular weight excluding hydrogens is 268 g/mol. The molecule has 0 saturated carbocycles. The van der Waals surface area contributed by atoms with Crippen molar-refractivity contribution in [2.45, 2.75) is 25.6 Å². The summed E-state index contributed by atoms with van der Waals surface area (Å²) in [7, 11) is 1.87. The van der Waals surface area contributed by atoms with Crippen molar-refractivity contribution in [1.29, 1.82) is 0 Å². The second-order valence-electron chi connectivity index (χ2n) is 5.86. The van der Waals surface area contributed by atoms with Crippen molar-refractivity contribution in [3.8, 4) is 11.5 Å². The highest BCUT2D eigenvalue weighted by atomic mass is 28.4. The second-order valence-corrected chi connectivity index (χ2v) is 10.1. The molecule has 0 radical (unpaired) electrons. The molecule has 0 amide bonds. The van der Waals surface area contributed by atoms with Crippen molar-refractivity contribution in [3.63, 3.8) is 0 Å². The van der Waals surface area contributed by atoms with Gasteiger partial charge in [-0.3, -0.25) is 0 Å². The van der Waals surface area contributed by atoms with Crippen molar-refractivity contribution in [2.24, 2.45) is 5.92 Å². The molecule has 1 aromatic rings. The van der Waals surface area contributed by atoms with Gasteiger partial charge in [-0.1, -0.05) is 18.2 Å². The molecule has 0 bridgehead atoms. The van der Waals surface area contributed by atoms with Crippen LogP contribution in [0.2, 0.25) is 19.1 Å². The van der Waals surface area contributed by atoms with Crippen molar-refractivity contribution in [1.82, 2.24) is 0 Å². The van der Waals surface area contributed by atoms with Crippen LogP contribution in [0.3, 0.4) is 0 Å². The van der Waals surface area contributed by atoms with Crippen molar-refractivity contribution >= 4 is 8.32 Å². The van der Waals surface area contributed by atoms with E-state index in [0.29, 0.717) is 5.92 Å². The number of ether oxygens (including phenoxy) is 2. The first kappa shape index (κ1) is 15.1. The first-order chi connectivity index (χ1) is 9.54. The Kier molecular flexibility index (Phi) is 4.89. The highest BCUT2D eigenvalue weighted by molar-refractivity contribution is 6.71. The van der Waals surface area contributed by atoms with E-state index in [1.165, 1.54) is 5.56 Å². The van der Waals surface area contributed by atoms with Crippen LogP contribution in [0.4, 0.5) is 0 Å². The third kappa shape index (κ3) is 3.87. The van der Waals surface area contributed by atoms with Crippen LogP contribution in [0.15, 0.2) is 30.4 Å². The van der Waals surface area contributed by atoms with Crippen LogP contribution in [0, 0.1) is 5.92 Å². The van der Waals surface area contributed by atoms with Crippen LogP contribution in [-0.2, 0) is 10.8 Å². The van der Waals surface area contributed by atoms with Crippen molar-refractivity contribution in [2.75, 3.05) is 20.8 Å². The summed E-state index contributed by atoms with van der Waals surface area (Å²) < 4.78 is 16.7. The van der Waals surface area contributed by atoms with Gasteiger partial charge in [0.25, 0.3) is 0 Å². The second kappa shape index (κ2) is 6.46. The van der Waals surface area contributed by atoms with Gasteiger partial charge in [0.15, 0.2) is 19.8 Å². The molecule has 1 unspecified atom stereocenters. The zero-order valence-corrected chi connectivity index (χ0v) is 13.8. The van der Waals surface area contributed by atoms with Crippen LogP contribution in [-0.4, -0.2) is 29.1 Å². The first-order valence-corrected chi connectivity index (χ1v) is 10.2. The lowest BCUT2D eigenvalue weighted by Gasteiger charge is -2.21. The normalized spacial score (nSPS) is 21.3. The number of methoxy groups -OCH3 is 2. The van der Waals surface area contributed by atoms with Gasteiger partial charge in [-0.25, -0.2) is 0 Å². The lowest BCUT2D eigenvalue weighted by atomic mass is 9.99. The highest BCUT2D eigenvalue weighted by Gasteiger charge is 2.24. The minimum absolute atomic E-state index is 0.447. The molecule has 1 aliphatic rings. The molecule has 4 heteroatoms. The fourth-order valence-electron chi connectivity index (χ4n) is 2.43. The van der Waals surface area contributed by atoms with Gasteiger partial charge in [-0.15, -0.1) is 0 Å². The van der Waals surface area contributed by atoms with Crippen molar-refractivity contribution < 1.29 is 13.9 Å². The van der Waals surface area contributed by atoms with E-state index in [4.69, 9.17) is 13.9 Å². The Balaban J connectivity index is 2.07. The molecule has 1 atom stereocenters. The van der Waals surface area contributed by atoms with Crippen LogP contribution in [0.5, 0.6) is 11.5 Å². The molecule has 0 spiro atoms. The van der Waals surface area contributed by atoms with E-state index in [2.05, 4.69) is 37.4 Å². The third-order valence-corrected chi connectivity index (χ3v) is 5.82. The molecule has 2 rings (SSSR count).